The Kier molecular flexibility index (Phi) is 7.48. The number of alkyl halides is 1. The molecule has 0 bridgehead atoms. The van der Waals surface area contributed by atoms with E-state index in [-0.39, 0.29) is 29.8 Å². The summed E-state index contributed by atoms with van der Waals surface area (Å²) in [5, 5.41) is 0.941. The van der Waals surface area contributed by atoms with Gasteiger partial charge in [-0.1, -0.05) is 36.2 Å². The van der Waals surface area contributed by atoms with Crippen molar-refractivity contribution in [2.24, 2.45) is 17.3 Å². The maximum absolute atomic E-state index is 14.1. The minimum atomic E-state index is -1.38. The zero-order valence-corrected chi connectivity index (χ0v) is 24.0. The summed E-state index contributed by atoms with van der Waals surface area (Å²) in [6.07, 6.45) is 2.71. The summed E-state index contributed by atoms with van der Waals surface area (Å²) in [7, 11) is 0. The van der Waals surface area contributed by atoms with Crippen molar-refractivity contribution < 1.29 is 18.7 Å². The fraction of sp³-hybridized carbons (Fsp3) is 0.552. The summed E-state index contributed by atoms with van der Waals surface area (Å²) in [4.78, 5) is 34.4. The maximum Gasteiger partial charge on any atom is 0.229 e. The van der Waals surface area contributed by atoms with Gasteiger partial charge >= 0.3 is 0 Å². The van der Waals surface area contributed by atoms with Gasteiger partial charge in [0.2, 0.25) is 17.7 Å². The van der Waals surface area contributed by atoms with Crippen LogP contribution < -0.4 is 10.5 Å². The number of aromatic nitrogens is 1. The molecular formula is C29H35Cl2FN4O3. The number of rotatable bonds is 6. The highest BCUT2D eigenvalue weighted by Gasteiger charge is 2.57. The molecule has 210 valence electrons. The SMILES string of the molecule is CC(Oc1ccc(N)cn1)[C@@]1(C)CN(C(=O)C2CCN(C(=O)C3CC3(C)F)CC2)CC1c1ccc(Cl)c(Cl)c1. The number of hydrogen-bond donors (Lipinski definition) is 1. The molecule has 0 radical (unpaired) electrons. The zero-order chi connectivity index (χ0) is 28.1. The smallest absolute Gasteiger partial charge is 0.229 e. The van der Waals surface area contributed by atoms with E-state index >= 15 is 0 Å². The van der Waals surface area contributed by atoms with Gasteiger partial charge in [0.25, 0.3) is 0 Å². The monoisotopic (exact) mass is 576 g/mol. The zero-order valence-electron chi connectivity index (χ0n) is 22.5. The molecule has 4 unspecified atom stereocenters. The summed E-state index contributed by atoms with van der Waals surface area (Å²) >= 11 is 12.6. The lowest BCUT2D eigenvalue weighted by atomic mass is 9.72. The molecule has 1 aromatic carbocycles. The first-order valence-electron chi connectivity index (χ1n) is 13.5. The van der Waals surface area contributed by atoms with Gasteiger partial charge in [0.15, 0.2) is 0 Å². The van der Waals surface area contributed by atoms with Gasteiger partial charge in [-0.3, -0.25) is 9.59 Å². The Labute approximate surface area is 238 Å². The van der Waals surface area contributed by atoms with Crippen molar-refractivity contribution in [3.63, 3.8) is 0 Å². The number of piperidine rings is 1. The first-order valence-corrected chi connectivity index (χ1v) is 14.2. The lowest BCUT2D eigenvalue weighted by Crippen LogP contribution is -2.46. The molecule has 2 aromatic rings. The molecule has 3 heterocycles. The van der Waals surface area contributed by atoms with E-state index in [4.69, 9.17) is 33.7 Å². The normalized spacial score (nSPS) is 29.8. The number of nitrogens with zero attached hydrogens (tertiary/aromatic N) is 3. The van der Waals surface area contributed by atoms with Crippen LogP contribution in [0.15, 0.2) is 36.5 Å². The first-order chi connectivity index (χ1) is 18.4. The number of nitrogen functional groups attached to an aromatic ring is 1. The lowest BCUT2D eigenvalue weighted by Gasteiger charge is -2.37. The lowest BCUT2D eigenvalue weighted by molar-refractivity contribution is -0.141. The van der Waals surface area contributed by atoms with Crippen LogP contribution in [0, 0.1) is 17.3 Å². The topological polar surface area (TPSA) is 88.8 Å². The van der Waals surface area contributed by atoms with Crippen molar-refractivity contribution in [3.8, 4) is 5.88 Å². The molecule has 5 rings (SSSR count). The predicted molar refractivity (Wildman–Crippen MR) is 150 cm³/mol. The number of pyridine rings is 1. The molecule has 10 heteroatoms. The van der Waals surface area contributed by atoms with Gasteiger partial charge in [0, 0.05) is 49.5 Å². The number of carbonyl (C=O) groups is 2. The molecule has 5 atom stereocenters. The van der Waals surface area contributed by atoms with Gasteiger partial charge in [0.05, 0.1) is 27.8 Å². The number of benzene rings is 1. The minimum Gasteiger partial charge on any atom is -0.474 e. The van der Waals surface area contributed by atoms with Gasteiger partial charge in [0.1, 0.15) is 11.8 Å². The molecule has 1 saturated carbocycles. The maximum atomic E-state index is 14.1. The minimum absolute atomic E-state index is 0.0567. The fourth-order valence-electron chi connectivity index (χ4n) is 6.10. The third-order valence-corrected chi connectivity index (χ3v) is 9.74. The number of halogens is 3. The highest BCUT2D eigenvalue weighted by atomic mass is 35.5. The number of carbonyl (C=O) groups excluding carboxylic acids is 2. The Hall–Kier alpha value is -2.58. The van der Waals surface area contributed by atoms with Crippen LogP contribution in [0.4, 0.5) is 10.1 Å². The molecule has 0 spiro atoms. The molecule has 2 amide bonds. The van der Waals surface area contributed by atoms with Crippen LogP contribution >= 0.6 is 23.2 Å². The first kappa shape index (κ1) is 28.0. The Morgan fingerprint density at radius 1 is 1.10 bits per heavy atom. The van der Waals surface area contributed by atoms with Crippen LogP contribution in [0.25, 0.3) is 0 Å². The number of hydrogen-bond acceptors (Lipinski definition) is 5. The van der Waals surface area contributed by atoms with Crippen LogP contribution in [0.2, 0.25) is 10.0 Å². The fourth-order valence-corrected chi connectivity index (χ4v) is 6.40. The molecule has 3 fully saturated rings. The summed E-state index contributed by atoms with van der Waals surface area (Å²) in [6, 6.07) is 9.10. The standard InChI is InChI=1S/C29H35Cl2FN4O3/c1-17(39-25-7-5-20(33)14-34-25)28(2)16-36(15-22(28)19-4-6-23(30)24(31)12-19)26(37)18-8-10-35(11-9-18)27(38)21-13-29(21,3)32/h4-7,12,14,17-18,21-22H,8-11,13,15-16,33H2,1-3H3/t17?,21?,22?,28-,29?/m1/s1. The van der Waals surface area contributed by atoms with Crippen molar-refractivity contribution >= 4 is 40.7 Å². The molecule has 39 heavy (non-hydrogen) atoms. The van der Waals surface area contributed by atoms with Gasteiger partial charge < -0.3 is 20.3 Å². The van der Waals surface area contributed by atoms with Crippen molar-refractivity contribution in [1.82, 2.24) is 14.8 Å². The predicted octanol–water partition coefficient (Wildman–Crippen LogP) is 5.36. The molecule has 2 N–H and O–H groups in total. The summed E-state index contributed by atoms with van der Waals surface area (Å²) in [6.45, 7) is 7.56. The third-order valence-electron chi connectivity index (χ3n) is 9.00. The highest BCUT2D eigenvalue weighted by molar-refractivity contribution is 6.42. The van der Waals surface area contributed by atoms with E-state index in [1.165, 1.54) is 6.92 Å². The van der Waals surface area contributed by atoms with E-state index in [1.54, 1.807) is 29.3 Å². The Morgan fingerprint density at radius 3 is 2.38 bits per heavy atom. The van der Waals surface area contributed by atoms with E-state index in [0.717, 1.165) is 5.56 Å². The Bertz CT molecular complexity index is 1250. The number of anilines is 1. The van der Waals surface area contributed by atoms with Crippen molar-refractivity contribution in [2.75, 3.05) is 31.9 Å². The molecule has 3 aliphatic rings. The Balaban J connectivity index is 1.32. The molecule has 7 nitrogen and oxygen atoms in total. The van der Waals surface area contributed by atoms with Crippen molar-refractivity contribution in [3.05, 3.63) is 52.1 Å². The van der Waals surface area contributed by atoms with Crippen LogP contribution in [0.1, 0.15) is 51.5 Å². The van der Waals surface area contributed by atoms with E-state index in [9.17, 15) is 14.0 Å². The summed E-state index contributed by atoms with van der Waals surface area (Å²) in [5.41, 5.74) is 5.48. The largest absolute Gasteiger partial charge is 0.474 e. The molecular weight excluding hydrogens is 542 g/mol. The second kappa shape index (κ2) is 10.4. The number of amides is 2. The Morgan fingerprint density at radius 2 is 1.79 bits per heavy atom. The van der Waals surface area contributed by atoms with E-state index in [1.807, 2.05) is 24.0 Å². The average molecular weight is 578 g/mol. The average Bonchev–Trinajstić information content (AvgIpc) is 3.40. The van der Waals surface area contributed by atoms with Gasteiger partial charge in [-0.05, 0) is 56.9 Å². The van der Waals surface area contributed by atoms with Gasteiger partial charge in [-0.15, -0.1) is 0 Å². The second-order valence-electron chi connectivity index (χ2n) is 11.8. The van der Waals surface area contributed by atoms with Crippen LogP contribution in [-0.4, -0.2) is 64.5 Å². The van der Waals surface area contributed by atoms with Crippen LogP contribution in [0.3, 0.4) is 0 Å². The second-order valence-corrected chi connectivity index (χ2v) is 12.6. The van der Waals surface area contributed by atoms with Gasteiger partial charge in [-0.2, -0.15) is 0 Å². The van der Waals surface area contributed by atoms with E-state index in [0.29, 0.717) is 67.1 Å². The number of nitrogens with two attached hydrogens (primary N) is 1. The van der Waals surface area contributed by atoms with E-state index < -0.39 is 17.0 Å². The number of ether oxygens (including phenoxy) is 1. The quantitative estimate of drug-likeness (QED) is 0.500. The van der Waals surface area contributed by atoms with Crippen molar-refractivity contribution in [2.45, 2.75) is 57.7 Å². The molecule has 1 aliphatic carbocycles. The van der Waals surface area contributed by atoms with Gasteiger partial charge in [-0.25, -0.2) is 9.37 Å². The van der Waals surface area contributed by atoms with Crippen LogP contribution in [-0.2, 0) is 9.59 Å². The third kappa shape index (κ3) is 5.55. The molecule has 2 saturated heterocycles. The summed E-state index contributed by atoms with van der Waals surface area (Å²) in [5.74, 6) is -0.353. The van der Waals surface area contributed by atoms with Crippen LogP contribution in [0.5, 0.6) is 5.88 Å². The van der Waals surface area contributed by atoms with Crippen molar-refractivity contribution in [1.29, 1.82) is 0 Å². The number of likely N-dealkylation sites (tertiary alicyclic amines) is 2. The van der Waals surface area contributed by atoms with E-state index in [2.05, 4.69) is 11.9 Å². The molecule has 2 aliphatic heterocycles. The highest BCUT2D eigenvalue weighted by Crippen LogP contribution is 2.49. The summed E-state index contributed by atoms with van der Waals surface area (Å²) < 4.78 is 20.3. The molecule has 1 aromatic heterocycles.